The molecule has 1 saturated carbocycles. The summed E-state index contributed by atoms with van der Waals surface area (Å²) in [5.41, 5.74) is 0.666. The van der Waals surface area contributed by atoms with Crippen molar-refractivity contribution in [1.29, 1.82) is 0 Å². The van der Waals surface area contributed by atoms with E-state index < -0.39 is 0 Å². The standard InChI is InChI=1S/C17H34N2/c1-4-17(5-2)11-13-19(14-12-17)16-10-8-7-9-15(16)18-6-3/h15-16,18H,4-14H2,1-3H3. The first-order valence-electron chi connectivity index (χ1n) is 8.72. The van der Waals surface area contributed by atoms with E-state index in [2.05, 4.69) is 31.0 Å². The minimum atomic E-state index is 0.666. The molecule has 2 rings (SSSR count). The van der Waals surface area contributed by atoms with Crippen molar-refractivity contribution in [3.05, 3.63) is 0 Å². The van der Waals surface area contributed by atoms with Gasteiger partial charge < -0.3 is 5.32 Å². The lowest BCUT2D eigenvalue weighted by Crippen LogP contribution is -2.54. The van der Waals surface area contributed by atoms with Gasteiger partial charge in [0.15, 0.2) is 0 Å². The van der Waals surface area contributed by atoms with Gasteiger partial charge in [-0.25, -0.2) is 0 Å². The summed E-state index contributed by atoms with van der Waals surface area (Å²) in [7, 11) is 0. The summed E-state index contributed by atoms with van der Waals surface area (Å²) in [6.45, 7) is 10.8. The highest BCUT2D eigenvalue weighted by Gasteiger charge is 2.36. The molecule has 2 atom stereocenters. The fraction of sp³-hybridized carbons (Fsp3) is 1.00. The molecule has 2 heteroatoms. The molecule has 1 N–H and O–H groups in total. The molecule has 0 aromatic carbocycles. The van der Waals surface area contributed by atoms with Crippen molar-refractivity contribution in [2.45, 2.75) is 84.2 Å². The van der Waals surface area contributed by atoms with E-state index in [1.54, 1.807) is 0 Å². The van der Waals surface area contributed by atoms with Crippen molar-refractivity contribution < 1.29 is 0 Å². The zero-order valence-corrected chi connectivity index (χ0v) is 13.4. The minimum absolute atomic E-state index is 0.666. The molecule has 0 aromatic rings. The molecule has 2 aliphatic rings. The van der Waals surface area contributed by atoms with Crippen LogP contribution in [0.15, 0.2) is 0 Å². The second kappa shape index (κ2) is 7.08. The van der Waals surface area contributed by atoms with Gasteiger partial charge in [0, 0.05) is 12.1 Å². The highest BCUT2D eigenvalue weighted by atomic mass is 15.2. The Morgan fingerprint density at radius 1 is 1.00 bits per heavy atom. The van der Waals surface area contributed by atoms with Crippen molar-refractivity contribution in [2.24, 2.45) is 5.41 Å². The number of nitrogens with zero attached hydrogens (tertiary/aromatic N) is 1. The van der Waals surface area contributed by atoms with Crippen molar-refractivity contribution in [1.82, 2.24) is 10.2 Å². The molecule has 2 nitrogen and oxygen atoms in total. The van der Waals surface area contributed by atoms with Crippen molar-refractivity contribution in [3.8, 4) is 0 Å². The van der Waals surface area contributed by atoms with Crippen LogP contribution in [-0.4, -0.2) is 36.6 Å². The van der Waals surface area contributed by atoms with E-state index >= 15 is 0 Å². The van der Waals surface area contributed by atoms with Crippen LogP contribution in [0.5, 0.6) is 0 Å². The monoisotopic (exact) mass is 266 g/mol. The Morgan fingerprint density at radius 2 is 1.63 bits per heavy atom. The Morgan fingerprint density at radius 3 is 2.21 bits per heavy atom. The molecule has 1 heterocycles. The highest BCUT2D eigenvalue weighted by Crippen LogP contribution is 2.39. The topological polar surface area (TPSA) is 15.3 Å². The summed E-state index contributed by atoms with van der Waals surface area (Å²) < 4.78 is 0. The Hall–Kier alpha value is -0.0800. The van der Waals surface area contributed by atoms with Gasteiger partial charge in [-0.2, -0.15) is 0 Å². The SMILES string of the molecule is CCNC1CCCCC1N1CCC(CC)(CC)CC1. The van der Waals surface area contributed by atoms with E-state index in [4.69, 9.17) is 0 Å². The maximum absolute atomic E-state index is 3.74. The number of likely N-dealkylation sites (tertiary alicyclic amines) is 1. The summed E-state index contributed by atoms with van der Waals surface area (Å²) >= 11 is 0. The van der Waals surface area contributed by atoms with Gasteiger partial charge in [-0.15, -0.1) is 0 Å². The molecule has 19 heavy (non-hydrogen) atoms. The molecule has 112 valence electrons. The van der Waals surface area contributed by atoms with Crippen molar-refractivity contribution >= 4 is 0 Å². The van der Waals surface area contributed by atoms with Crippen LogP contribution >= 0.6 is 0 Å². The first kappa shape index (κ1) is 15.3. The first-order valence-corrected chi connectivity index (χ1v) is 8.72. The largest absolute Gasteiger partial charge is 0.313 e. The van der Waals surface area contributed by atoms with Gasteiger partial charge in [0.25, 0.3) is 0 Å². The quantitative estimate of drug-likeness (QED) is 0.814. The number of hydrogen-bond acceptors (Lipinski definition) is 2. The van der Waals surface area contributed by atoms with E-state index in [0.29, 0.717) is 5.41 Å². The third-order valence-electron chi connectivity index (χ3n) is 6.02. The zero-order chi connectivity index (χ0) is 13.7. The van der Waals surface area contributed by atoms with Gasteiger partial charge in [-0.05, 0) is 50.7 Å². The number of likely N-dealkylation sites (N-methyl/N-ethyl adjacent to an activating group) is 1. The maximum atomic E-state index is 3.74. The molecule has 0 amide bonds. The Bertz CT molecular complexity index is 248. The first-order chi connectivity index (χ1) is 9.24. The molecular weight excluding hydrogens is 232 g/mol. The van der Waals surface area contributed by atoms with E-state index in [0.717, 1.165) is 18.6 Å². The molecule has 2 unspecified atom stereocenters. The van der Waals surface area contributed by atoms with E-state index in [9.17, 15) is 0 Å². The molecule has 1 aliphatic carbocycles. The highest BCUT2D eigenvalue weighted by molar-refractivity contribution is 4.92. The number of hydrogen-bond donors (Lipinski definition) is 1. The van der Waals surface area contributed by atoms with Crippen LogP contribution < -0.4 is 5.32 Å². The van der Waals surface area contributed by atoms with Crippen molar-refractivity contribution in [3.63, 3.8) is 0 Å². The lowest BCUT2D eigenvalue weighted by Gasteiger charge is -2.47. The van der Waals surface area contributed by atoms with Gasteiger partial charge in [-0.1, -0.05) is 46.5 Å². The Labute approximate surface area is 120 Å². The Balaban J connectivity index is 1.91. The maximum Gasteiger partial charge on any atom is 0.0249 e. The van der Waals surface area contributed by atoms with Crippen LogP contribution in [0.2, 0.25) is 0 Å². The fourth-order valence-corrected chi connectivity index (χ4v) is 4.34. The smallest absolute Gasteiger partial charge is 0.0249 e. The summed E-state index contributed by atoms with van der Waals surface area (Å²) in [4.78, 5) is 2.82. The summed E-state index contributed by atoms with van der Waals surface area (Å²) in [6, 6.07) is 1.58. The van der Waals surface area contributed by atoms with Gasteiger partial charge in [0.1, 0.15) is 0 Å². The van der Waals surface area contributed by atoms with Crippen LogP contribution in [0.3, 0.4) is 0 Å². The number of piperidine rings is 1. The van der Waals surface area contributed by atoms with Gasteiger partial charge in [0.2, 0.25) is 0 Å². The summed E-state index contributed by atoms with van der Waals surface area (Å²) in [6.07, 6.45) is 11.3. The lowest BCUT2D eigenvalue weighted by atomic mass is 9.73. The van der Waals surface area contributed by atoms with E-state index in [-0.39, 0.29) is 0 Å². The van der Waals surface area contributed by atoms with Gasteiger partial charge in [0.05, 0.1) is 0 Å². The average molecular weight is 266 g/mol. The molecule has 2 fully saturated rings. The Kier molecular flexibility index (Phi) is 5.70. The second-order valence-corrected chi connectivity index (χ2v) is 6.76. The van der Waals surface area contributed by atoms with Crippen LogP contribution in [0.1, 0.15) is 72.1 Å². The molecule has 0 aromatic heterocycles. The van der Waals surface area contributed by atoms with Crippen LogP contribution in [0.25, 0.3) is 0 Å². The molecule has 0 radical (unpaired) electrons. The molecule has 1 aliphatic heterocycles. The van der Waals surface area contributed by atoms with Crippen molar-refractivity contribution in [2.75, 3.05) is 19.6 Å². The average Bonchev–Trinajstić information content (AvgIpc) is 2.48. The van der Waals surface area contributed by atoms with Crippen LogP contribution in [0.4, 0.5) is 0 Å². The molecular formula is C17H34N2. The molecule has 1 saturated heterocycles. The summed E-state index contributed by atoms with van der Waals surface area (Å²) in [5, 5.41) is 3.74. The van der Waals surface area contributed by atoms with Gasteiger partial charge >= 0.3 is 0 Å². The third kappa shape index (κ3) is 3.52. The predicted molar refractivity (Wildman–Crippen MR) is 83.5 cm³/mol. The number of rotatable bonds is 5. The normalized spacial score (nSPS) is 32.4. The van der Waals surface area contributed by atoms with Crippen LogP contribution in [0, 0.1) is 5.41 Å². The fourth-order valence-electron chi connectivity index (χ4n) is 4.34. The molecule has 0 spiro atoms. The zero-order valence-electron chi connectivity index (χ0n) is 13.4. The third-order valence-corrected chi connectivity index (χ3v) is 6.02. The number of nitrogens with one attached hydrogen (secondary N) is 1. The van der Waals surface area contributed by atoms with E-state index in [1.807, 2.05) is 0 Å². The minimum Gasteiger partial charge on any atom is -0.313 e. The second-order valence-electron chi connectivity index (χ2n) is 6.76. The summed E-state index contributed by atoms with van der Waals surface area (Å²) in [5.74, 6) is 0. The van der Waals surface area contributed by atoms with Crippen LogP contribution in [-0.2, 0) is 0 Å². The predicted octanol–water partition coefficient (Wildman–Crippen LogP) is 3.81. The molecule has 0 bridgehead atoms. The lowest BCUT2D eigenvalue weighted by molar-refractivity contribution is 0.0397. The van der Waals surface area contributed by atoms with E-state index in [1.165, 1.54) is 64.5 Å². The van der Waals surface area contributed by atoms with Gasteiger partial charge in [-0.3, -0.25) is 4.90 Å².